The number of amides is 2. The summed E-state index contributed by atoms with van der Waals surface area (Å²) < 4.78 is 1.83. The fraction of sp³-hybridized carbons (Fsp3) is 0.471. The number of hydrogen-bond donors (Lipinski definition) is 2. The summed E-state index contributed by atoms with van der Waals surface area (Å²) in [5.74, 6) is 0.200. The smallest absolute Gasteiger partial charge is 0.247 e. The van der Waals surface area contributed by atoms with Gasteiger partial charge in [0.1, 0.15) is 6.04 Å². The Morgan fingerprint density at radius 3 is 2.68 bits per heavy atom. The largest absolute Gasteiger partial charge is 0.344 e. The average molecular weight is 342 g/mol. The van der Waals surface area contributed by atoms with Gasteiger partial charge in [-0.2, -0.15) is 0 Å². The summed E-state index contributed by atoms with van der Waals surface area (Å²) in [6, 6.07) is 7.19. The highest BCUT2D eigenvalue weighted by Gasteiger charge is 2.28. The van der Waals surface area contributed by atoms with E-state index in [-0.39, 0.29) is 17.7 Å². The highest BCUT2D eigenvalue weighted by atomic mass is 16.2. The topological polar surface area (TPSA) is 102 Å². The van der Waals surface area contributed by atoms with E-state index >= 15 is 0 Å². The highest BCUT2D eigenvalue weighted by molar-refractivity contribution is 5.97. The maximum absolute atomic E-state index is 12.5. The quantitative estimate of drug-likeness (QED) is 0.833. The molecule has 1 aromatic heterocycles. The zero-order chi connectivity index (χ0) is 18.0. The number of carbonyl (C=O) groups is 2. The molecular formula is C17H22N6O2. The molecule has 0 spiro atoms. The van der Waals surface area contributed by atoms with Gasteiger partial charge in [0.05, 0.1) is 6.04 Å². The lowest BCUT2D eigenvalue weighted by atomic mass is 10.0. The molecule has 1 heterocycles. The van der Waals surface area contributed by atoms with E-state index < -0.39 is 6.04 Å². The molecule has 8 heteroatoms. The molecule has 1 fully saturated rings. The van der Waals surface area contributed by atoms with Crippen molar-refractivity contribution in [1.82, 2.24) is 25.5 Å². The summed E-state index contributed by atoms with van der Waals surface area (Å²) in [4.78, 5) is 23.8. The lowest BCUT2D eigenvalue weighted by Gasteiger charge is -2.21. The van der Waals surface area contributed by atoms with Crippen molar-refractivity contribution in [3.8, 4) is 11.4 Å². The van der Waals surface area contributed by atoms with Gasteiger partial charge in [0.25, 0.3) is 0 Å². The molecule has 3 rings (SSSR count). The van der Waals surface area contributed by atoms with E-state index in [0.717, 1.165) is 18.4 Å². The number of anilines is 1. The summed E-state index contributed by atoms with van der Waals surface area (Å²) in [5.41, 5.74) is 1.49. The van der Waals surface area contributed by atoms with Crippen molar-refractivity contribution >= 4 is 17.5 Å². The Balaban J connectivity index is 1.78. The lowest BCUT2D eigenvalue weighted by Crippen LogP contribution is -2.46. The van der Waals surface area contributed by atoms with Gasteiger partial charge in [-0.05, 0) is 41.3 Å². The molecule has 2 aromatic rings. The van der Waals surface area contributed by atoms with Crippen LogP contribution in [0.1, 0.15) is 39.7 Å². The van der Waals surface area contributed by atoms with Crippen LogP contribution in [0.25, 0.3) is 11.4 Å². The molecule has 0 saturated heterocycles. The van der Waals surface area contributed by atoms with E-state index in [2.05, 4.69) is 26.2 Å². The van der Waals surface area contributed by atoms with Gasteiger partial charge >= 0.3 is 0 Å². The van der Waals surface area contributed by atoms with Gasteiger partial charge in [-0.15, -0.1) is 5.10 Å². The number of hydrogen-bond acceptors (Lipinski definition) is 5. The fourth-order valence-corrected chi connectivity index (χ4v) is 2.66. The van der Waals surface area contributed by atoms with Gasteiger partial charge < -0.3 is 10.6 Å². The number of nitrogens with one attached hydrogen (secondary N) is 2. The molecule has 0 unspecified atom stereocenters. The Labute approximate surface area is 146 Å². The first-order valence-electron chi connectivity index (χ1n) is 8.42. The first kappa shape index (κ1) is 17.1. The standard InChI is InChI=1S/C17H22N6O2/c1-10(2)15(18-11(3)24)17(25)19-13-6-4-5-12(9-13)16-20-21-22-23(16)14-7-8-14/h4-6,9-10,14-15H,7-8H2,1-3H3,(H,18,24)(H,19,25)/t15-/m1/s1. The second-order valence-corrected chi connectivity index (χ2v) is 6.67. The number of benzene rings is 1. The van der Waals surface area contributed by atoms with Gasteiger partial charge in [0.2, 0.25) is 11.8 Å². The summed E-state index contributed by atoms with van der Waals surface area (Å²) in [5, 5.41) is 17.5. The minimum atomic E-state index is -0.585. The predicted molar refractivity (Wildman–Crippen MR) is 92.6 cm³/mol. The first-order valence-corrected chi connectivity index (χ1v) is 8.42. The zero-order valence-electron chi connectivity index (χ0n) is 14.6. The van der Waals surface area contributed by atoms with Gasteiger partial charge in [-0.3, -0.25) is 9.59 Å². The second-order valence-electron chi connectivity index (χ2n) is 6.67. The van der Waals surface area contributed by atoms with Crippen LogP contribution < -0.4 is 10.6 Å². The van der Waals surface area contributed by atoms with Crippen molar-refractivity contribution < 1.29 is 9.59 Å². The van der Waals surface area contributed by atoms with Crippen LogP contribution in [0.4, 0.5) is 5.69 Å². The third-order valence-electron chi connectivity index (χ3n) is 4.08. The van der Waals surface area contributed by atoms with Crippen molar-refractivity contribution in [3.05, 3.63) is 24.3 Å². The van der Waals surface area contributed by atoms with Crippen molar-refractivity contribution in [2.24, 2.45) is 5.92 Å². The van der Waals surface area contributed by atoms with Crippen molar-refractivity contribution in [3.63, 3.8) is 0 Å². The lowest BCUT2D eigenvalue weighted by molar-refractivity contribution is -0.126. The first-order chi connectivity index (χ1) is 12.0. The van der Waals surface area contributed by atoms with E-state index in [1.165, 1.54) is 6.92 Å². The molecule has 132 valence electrons. The molecule has 1 aromatic carbocycles. The third-order valence-corrected chi connectivity index (χ3v) is 4.08. The maximum Gasteiger partial charge on any atom is 0.247 e. The number of tetrazole rings is 1. The summed E-state index contributed by atoms with van der Waals surface area (Å²) in [6.45, 7) is 5.18. The molecule has 1 aliphatic carbocycles. The van der Waals surface area contributed by atoms with Crippen molar-refractivity contribution in [2.75, 3.05) is 5.32 Å². The van der Waals surface area contributed by atoms with E-state index in [0.29, 0.717) is 17.6 Å². The maximum atomic E-state index is 12.5. The van der Waals surface area contributed by atoms with Crippen LogP contribution in [0.5, 0.6) is 0 Å². The minimum Gasteiger partial charge on any atom is -0.344 e. The van der Waals surface area contributed by atoms with E-state index in [4.69, 9.17) is 0 Å². The average Bonchev–Trinajstić information content (AvgIpc) is 3.29. The van der Waals surface area contributed by atoms with Crippen LogP contribution >= 0.6 is 0 Å². The Morgan fingerprint density at radius 1 is 1.28 bits per heavy atom. The number of rotatable bonds is 6. The fourth-order valence-electron chi connectivity index (χ4n) is 2.66. The molecule has 25 heavy (non-hydrogen) atoms. The Bertz CT molecular complexity index is 781. The predicted octanol–water partition coefficient (Wildman–Crippen LogP) is 1.77. The Morgan fingerprint density at radius 2 is 2.04 bits per heavy atom. The van der Waals surface area contributed by atoms with Gasteiger partial charge in [0.15, 0.2) is 5.82 Å². The molecule has 2 N–H and O–H groups in total. The van der Waals surface area contributed by atoms with E-state index in [1.807, 2.05) is 36.7 Å². The van der Waals surface area contributed by atoms with E-state index in [1.54, 1.807) is 6.07 Å². The molecule has 0 radical (unpaired) electrons. The summed E-state index contributed by atoms with van der Waals surface area (Å²) in [7, 11) is 0. The van der Waals surface area contributed by atoms with Crippen molar-refractivity contribution in [1.29, 1.82) is 0 Å². The Hall–Kier alpha value is -2.77. The number of carbonyl (C=O) groups excluding carboxylic acids is 2. The number of nitrogens with zero attached hydrogens (tertiary/aromatic N) is 4. The SMILES string of the molecule is CC(=O)N[C@@H](C(=O)Nc1cccc(-c2nnnn2C2CC2)c1)C(C)C. The minimum absolute atomic E-state index is 0.0192. The second kappa shape index (κ2) is 7.00. The zero-order valence-corrected chi connectivity index (χ0v) is 14.6. The van der Waals surface area contributed by atoms with E-state index in [9.17, 15) is 9.59 Å². The summed E-state index contributed by atoms with van der Waals surface area (Å²) in [6.07, 6.45) is 2.17. The summed E-state index contributed by atoms with van der Waals surface area (Å²) >= 11 is 0. The van der Waals surface area contributed by atoms with Crippen LogP contribution in [0, 0.1) is 5.92 Å². The number of aromatic nitrogens is 4. The van der Waals surface area contributed by atoms with Crippen LogP contribution in [-0.2, 0) is 9.59 Å². The molecule has 1 aliphatic rings. The van der Waals surface area contributed by atoms with Crippen LogP contribution in [0.15, 0.2) is 24.3 Å². The molecule has 1 saturated carbocycles. The molecule has 1 atom stereocenters. The van der Waals surface area contributed by atoms with Crippen LogP contribution in [-0.4, -0.2) is 38.1 Å². The molecule has 0 aliphatic heterocycles. The molecule has 2 amide bonds. The van der Waals surface area contributed by atoms with Gasteiger partial charge in [0, 0.05) is 18.2 Å². The van der Waals surface area contributed by atoms with Crippen LogP contribution in [0.2, 0.25) is 0 Å². The molecule has 8 nitrogen and oxygen atoms in total. The monoisotopic (exact) mass is 342 g/mol. The molecule has 0 bridgehead atoms. The Kier molecular flexibility index (Phi) is 4.78. The highest BCUT2D eigenvalue weighted by Crippen LogP contribution is 2.36. The van der Waals surface area contributed by atoms with Gasteiger partial charge in [-0.1, -0.05) is 26.0 Å². The third kappa shape index (κ3) is 4.01. The van der Waals surface area contributed by atoms with Crippen molar-refractivity contribution in [2.45, 2.75) is 45.7 Å². The molecular weight excluding hydrogens is 320 g/mol. The normalized spacial score (nSPS) is 15.0. The van der Waals surface area contributed by atoms with Gasteiger partial charge in [-0.25, -0.2) is 4.68 Å². The van der Waals surface area contributed by atoms with Crippen LogP contribution in [0.3, 0.4) is 0 Å².